The maximum Gasteiger partial charge on any atom is 0.196 e. The second-order valence-corrected chi connectivity index (χ2v) is 3.45. The minimum Gasteiger partial charge on any atom is -0.287 e. The quantitative estimate of drug-likeness (QED) is 0.454. The number of thioether (sulfide) groups is 1. The van der Waals surface area contributed by atoms with Gasteiger partial charge >= 0.3 is 0 Å². The summed E-state index contributed by atoms with van der Waals surface area (Å²) in [6.07, 6.45) is 5.24. The van der Waals surface area contributed by atoms with Crippen LogP contribution in [-0.2, 0) is 4.79 Å². The van der Waals surface area contributed by atoms with Crippen molar-refractivity contribution >= 4 is 16.9 Å². The van der Waals surface area contributed by atoms with E-state index in [4.69, 9.17) is 0 Å². The second kappa shape index (κ2) is 1.38. The van der Waals surface area contributed by atoms with Crippen molar-refractivity contribution in [3.8, 4) is 0 Å². The van der Waals surface area contributed by atoms with Crippen LogP contribution in [0.3, 0.4) is 0 Å². The summed E-state index contributed by atoms with van der Waals surface area (Å²) in [6, 6.07) is 0. The Morgan fingerprint density at radius 1 is 1.62 bits per heavy atom. The first-order chi connectivity index (χ1) is 3.86. The molecule has 2 heteroatoms. The van der Waals surface area contributed by atoms with E-state index in [9.17, 15) is 4.79 Å². The average molecular weight is 126 g/mol. The molecule has 2 atom stereocenters. The third-order valence-corrected chi connectivity index (χ3v) is 2.80. The Kier molecular flexibility index (Phi) is 0.796. The maximum atomic E-state index is 10.7. The molecule has 1 nitrogen and oxygen atoms in total. The molecule has 1 heterocycles. The van der Waals surface area contributed by atoms with Crippen LogP contribution in [-0.4, -0.2) is 10.4 Å². The monoisotopic (exact) mass is 126 g/mol. The van der Waals surface area contributed by atoms with Gasteiger partial charge in [0.2, 0.25) is 0 Å². The van der Waals surface area contributed by atoms with Crippen molar-refractivity contribution in [1.82, 2.24) is 0 Å². The zero-order valence-corrected chi connectivity index (χ0v) is 5.15. The molecule has 1 aliphatic carbocycles. The van der Waals surface area contributed by atoms with Crippen molar-refractivity contribution in [3.63, 3.8) is 0 Å². The molecule has 1 saturated heterocycles. The molecule has 2 bridgehead atoms. The largest absolute Gasteiger partial charge is 0.287 e. The predicted molar refractivity (Wildman–Crippen MR) is 33.6 cm³/mol. The summed E-state index contributed by atoms with van der Waals surface area (Å²) in [5.74, 6) is 0.282. The van der Waals surface area contributed by atoms with Crippen LogP contribution < -0.4 is 0 Å². The molecule has 0 N–H and O–H groups in total. The van der Waals surface area contributed by atoms with Gasteiger partial charge in [-0.15, -0.1) is 0 Å². The zero-order valence-electron chi connectivity index (χ0n) is 4.33. The van der Waals surface area contributed by atoms with Gasteiger partial charge in [-0.1, -0.05) is 23.9 Å². The number of fused-ring (bicyclic) bond motifs is 2. The highest BCUT2D eigenvalue weighted by Crippen LogP contribution is 2.39. The Morgan fingerprint density at radius 2 is 2.50 bits per heavy atom. The highest BCUT2D eigenvalue weighted by Gasteiger charge is 2.34. The van der Waals surface area contributed by atoms with Crippen LogP contribution in [0, 0.1) is 5.92 Å². The van der Waals surface area contributed by atoms with E-state index >= 15 is 0 Å². The van der Waals surface area contributed by atoms with Gasteiger partial charge in [0.05, 0.1) is 0 Å². The SMILES string of the molecule is O=C1SC2C=CC1C2. The molecule has 2 rings (SSSR count). The Bertz CT molecular complexity index is 162. The summed E-state index contributed by atoms with van der Waals surface area (Å²) >= 11 is 1.49. The topological polar surface area (TPSA) is 17.1 Å². The zero-order chi connectivity index (χ0) is 5.56. The lowest BCUT2D eigenvalue weighted by Crippen LogP contribution is -1.98. The molecule has 0 spiro atoms. The molecule has 0 aromatic heterocycles. The predicted octanol–water partition coefficient (Wildman–Crippen LogP) is 1.20. The number of hydrogen-bond donors (Lipinski definition) is 0. The normalized spacial score (nSPS) is 41.8. The van der Waals surface area contributed by atoms with E-state index < -0.39 is 0 Å². The lowest BCUT2D eigenvalue weighted by Gasteiger charge is -1.96. The number of carbonyl (C=O) groups excluding carboxylic acids is 1. The summed E-state index contributed by atoms with van der Waals surface area (Å²) in [5.41, 5.74) is 0. The van der Waals surface area contributed by atoms with Crippen LogP contribution >= 0.6 is 11.8 Å². The summed E-state index contributed by atoms with van der Waals surface area (Å²) in [7, 11) is 0. The fourth-order valence-electron chi connectivity index (χ4n) is 1.16. The smallest absolute Gasteiger partial charge is 0.196 e. The lowest BCUT2D eigenvalue weighted by molar-refractivity contribution is -0.112. The molecule has 1 fully saturated rings. The number of carbonyl (C=O) groups is 1. The van der Waals surface area contributed by atoms with E-state index in [0.717, 1.165) is 6.42 Å². The van der Waals surface area contributed by atoms with Gasteiger partial charge in [-0.25, -0.2) is 0 Å². The van der Waals surface area contributed by atoms with E-state index in [2.05, 4.69) is 6.08 Å². The molecule has 0 radical (unpaired) electrons. The molecular formula is C6H6OS. The lowest BCUT2D eigenvalue weighted by atomic mass is 10.2. The first-order valence-corrected chi connectivity index (χ1v) is 3.63. The van der Waals surface area contributed by atoms with Gasteiger partial charge in [0, 0.05) is 11.2 Å². The van der Waals surface area contributed by atoms with Gasteiger partial charge in [0.15, 0.2) is 5.12 Å². The Labute approximate surface area is 52.1 Å². The van der Waals surface area contributed by atoms with Gasteiger partial charge < -0.3 is 0 Å². The van der Waals surface area contributed by atoms with Crippen molar-refractivity contribution < 1.29 is 4.79 Å². The fourth-order valence-corrected chi connectivity index (χ4v) is 2.29. The van der Waals surface area contributed by atoms with Crippen LogP contribution in [0.15, 0.2) is 12.2 Å². The minimum atomic E-state index is 0.282. The third-order valence-electron chi connectivity index (χ3n) is 1.61. The van der Waals surface area contributed by atoms with E-state index in [1.165, 1.54) is 11.8 Å². The van der Waals surface area contributed by atoms with E-state index in [1.807, 2.05) is 6.08 Å². The van der Waals surface area contributed by atoms with Crippen LogP contribution in [0.2, 0.25) is 0 Å². The first kappa shape index (κ1) is 4.62. The van der Waals surface area contributed by atoms with Gasteiger partial charge in [-0.2, -0.15) is 0 Å². The van der Waals surface area contributed by atoms with Crippen LogP contribution in [0.1, 0.15) is 6.42 Å². The van der Waals surface area contributed by atoms with E-state index in [0.29, 0.717) is 10.4 Å². The highest BCUT2D eigenvalue weighted by molar-refractivity contribution is 8.14. The average Bonchev–Trinajstić information content (AvgIpc) is 2.23. The molecular weight excluding hydrogens is 120 g/mol. The summed E-state index contributed by atoms with van der Waals surface area (Å²) < 4.78 is 0. The van der Waals surface area contributed by atoms with Crippen molar-refractivity contribution in [3.05, 3.63) is 12.2 Å². The van der Waals surface area contributed by atoms with Gasteiger partial charge in [-0.05, 0) is 6.42 Å². The summed E-state index contributed by atoms with van der Waals surface area (Å²) in [5, 5.41) is 0.907. The van der Waals surface area contributed by atoms with Crippen molar-refractivity contribution in [1.29, 1.82) is 0 Å². The van der Waals surface area contributed by atoms with Crippen LogP contribution in [0.4, 0.5) is 0 Å². The standard InChI is InChI=1S/C6H6OS/c7-6-4-1-2-5(3-4)8-6/h1-2,4-5H,3H2. The van der Waals surface area contributed by atoms with Crippen LogP contribution in [0.5, 0.6) is 0 Å². The third kappa shape index (κ3) is 0.465. The summed E-state index contributed by atoms with van der Waals surface area (Å²) in [6.45, 7) is 0. The van der Waals surface area contributed by atoms with E-state index in [-0.39, 0.29) is 5.92 Å². The van der Waals surface area contributed by atoms with Crippen molar-refractivity contribution in [2.75, 3.05) is 0 Å². The molecule has 0 amide bonds. The summed E-state index contributed by atoms with van der Waals surface area (Å²) in [4.78, 5) is 10.7. The fraction of sp³-hybridized carbons (Fsp3) is 0.500. The van der Waals surface area contributed by atoms with Crippen LogP contribution in [0.25, 0.3) is 0 Å². The molecule has 8 heavy (non-hydrogen) atoms. The van der Waals surface area contributed by atoms with Gasteiger partial charge in [0.25, 0.3) is 0 Å². The Balaban J connectivity index is 2.35. The van der Waals surface area contributed by atoms with Gasteiger partial charge in [-0.3, -0.25) is 4.79 Å². The Morgan fingerprint density at radius 3 is 2.75 bits per heavy atom. The minimum absolute atomic E-state index is 0.282. The molecule has 2 aliphatic rings. The highest BCUT2D eigenvalue weighted by atomic mass is 32.2. The molecule has 0 aromatic rings. The molecule has 42 valence electrons. The van der Waals surface area contributed by atoms with E-state index in [1.54, 1.807) is 0 Å². The number of hydrogen-bond acceptors (Lipinski definition) is 2. The van der Waals surface area contributed by atoms with Gasteiger partial charge in [0.1, 0.15) is 0 Å². The number of allylic oxidation sites excluding steroid dienone is 1. The molecule has 2 unspecified atom stereocenters. The number of rotatable bonds is 0. The maximum absolute atomic E-state index is 10.7. The molecule has 0 saturated carbocycles. The first-order valence-electron chi connectivity index (χ1n) is 2.75. The molecule has 0 aromatic carbocycles. The Hall–Kier alpha value is -0.240. The second-order valence-electron chi connectivity index (χ2n) is 2.20. The molecule has 1 aliphatic heterocycles. The van der Waals surface area contributed by atoms with Crippen molar-refractivity contribution in [2.45, 2.75) is 11.7 Å². The van der Waals surface area contributed by atoms with Crippen molar-refractivity contribution in [2.24, 2.45) is 5.92 Å².